The highest BCUT2D eigenvalue weighted by molar-refractivity contribution is 7.14. The number of hydrogen-bond donors (Lipinski definition) is 2. The van der Waals surface area contributed by atoms with Gasteiger partial charge in [0.2, 0.25) is 5.91 Å². The number of nitrogens with one attached hydrogen (secondary N) is 1. The van der Waals surface area contributed by atoms with E-state index >= 15 is 0 Å². The quantitative estimate of drug-likeness (QED) is 0.621. The van der Waals surface area contributed by atoms with E-state index in [4.69, 9.17) is 5.11 Å². The number of amides is 1. The summed E-state index contributed by atoms with van der Waals surface area (Å²) < 4.78 is 4.52. The van der Waals surface area contributed by atoms with Gasteiger partial charge in [-0.15, -0.1) is 11.3 Å². The van der Waals surface area contributed by atoms with Gasteiger partial charge in [0, 0.05) is 12.2 Å². The fraction of sp³-hybridized carbons (Fsp3) is 0.100. The number of methoxy groups -OCH3 is 1. The second kappa shape index (κ2) is 5.80. The number of carboxylic acids is 1. The minimum absolute atomic E-state index is 0.231. The van der Waals surface area contributed by atoms with E-state index in [-0.39, 0.29) is 5.56 Å². The molecule has 0 fully saturated rings. The van der Waals surface area contributed by atoms with Crippen LogP contribution in [0.25, 0.3) is 0 Å². The lowest BCUT2D eigenvalue weighted by Crippen LogP contribution is -2.11. The van der Waals surface area contributed by atoms with E-state index in [0.717, 1.165) is 17.4 Å². The summed E-state index contributed by atoms with van der Waals surface area (Å²) in [5.74, 6) is -2.41. The van der Waals surface area contributed by atoms with Gasteiger partial charge >= 0.3 is 11.9 Å². The maximum absolute atomic E-state index is 11.3. The number of carbonyl (C=O) groups excluding carboxylic acids is 2. The molecule has 0 aliphatic carbocycles. The van der Waals surface area contributed by atoms with Gasteiger partial charge in [-0.2, -0.15) is 0 Å². The lowest BCUT2D eigenvalue weighted by molar-refractivity contribution is -0.131. The molecular formula is C10H9NO5S. The van der Waals surface area contributed by atoms with Gasteiger partial charge in [-0.1, -0.05) is 0 Å². The molecule has 0 aliphatic heterocycles. The van der Waals surface area contributed by atoms with E-state index in [1.54, 1.807) is 5.38 Å². The molecule has 1 aromatic rings. The Morgan fingerprint density at radius 1 is 1.41 bits per heavy atom. The van der Waals surface area contributed by atoms with Gasteiger partial charge in [0.05, 0.1) is 12.7 Å². The molecule has 0 bridgehead atoms. The zero-order chi connectivity index (χ0) is 12.8. The molecule has 6 nitrogen and oxygen atoms in total. The number of rotatable bonds is 4. The standard InChI is InChI=1S/C10H9NO5S/c1-16-10(15)6-4-5-17-9(6)11-7(12)2-3-8(13)14/h2-5H,1H3,(H,11,12)(H,13,14)/b3-2-. The average molecular weight is 255 g/mol. The van der Waals surface area contributed by atoms with Crippen molar-refractivity contribution >= 4 is 34.2 Å². The van der Waals surface area contributed by atoms with Gasteiger partial charge < -0.3 is 15.2 Å². The van der Waals surface area contributed by atoms with Crippen LogP contribution < -0.4 is 5.32 Å². The van der Waals surface area contributed by atoms with Gasteiger partial charge in [0.25, 0.3) is 0 Å². The van der Waals surface area contributed by atoms with Crippen LogP contribution in [-0.2, 0) is 14.3 Å². The summed E-state index contributed by atoms with van der Waals surface area (Å²) in [6.45, 7) is 0. The van der Waals surface area contributed by atoms with Gasteiger partial charge in [-0.3, -0.25) is 4.79 Å². The van der Waals surface area contributed by atoms with Gasteiger partial charge in [0.15, 0.2) is 0 Å². The first-order valence-corrected chi connectivity index (χ1v) is 5.30. The van der Waals surface area contributed by atoms with E-state index in [1.165, 1.54) is 13.2 Å². The van der Waals surface area contributed by atoms with E-state index in [1.807, 2.05) is 0 Å². The number of thiophene rings is 1. The first kappa shape index (κ1) is 12.9. The van der Waals surface area contributed by atoms with Crippen molar-refractivity contribution in [1.82, 2.24) is 0 Å². The SMILES string of the molecule is COC(=O)c1ccsc1NC(=O)/C=C\C(=O)O. The lowest BCUT2D eigenvalue weighted by Gasteiger charge is -2.01. The Labute approximate surface area is 101 Å². The first-order chi connectivity index (χ1) is 8.04. The Morgan fingerprint density at radius 3 is 2.71 bits per heavy atom. The van der Waals surface area contributed by atoms with Crippen molar-refractivity contribution < 1.29 is 24.2 Å². The fourth-order valence-electron chi connectivity index (χ4n) is 0.977. The largest absolute Gasteiger partial charge is 0.478 e. The monoisotopic (exact) mass is 255 g/mol. The molecule has 0 unspecified atom stereocenters. The summed E-state index contributed by atoms with van der Waals surface area (Å²) in [6, 6.07) is 1.51. The minimum Gasteiger partial charge on any atom is -0.478 e. The predicted octanol–water partition coefficient (Wildman–Crippen LogP) is 1.11. The lowest BCUT2D eigenvalue weighted by atomic mass is 10.3. The predicted molar refractivity (Wildman–Crippen MR) is 61.1 cm³/mol. The smallest absolute Gasteiger partial charge is 0.340 e. The molecule has 0 spiro atoms. The number of carboxylic acid groups (broad SMARTS) is 1. The number of ether oxygens (including phenoxy) is 1. The number of hydrogen-bond acceptors (Lipinski definition) is 5. The summed E-state index contributed by atoms with van der Waals surface area (Å²) in [7, 11) is 1.23. The summed E-state index contributed by atoms with van der Waals surface area (Å²) in [4.78, 5) is 32.7. The second-order valence-corrected chi connectivity index (χ2v) is 3.73. The van der Waals surface area contributed by atoms with Crippen molar-refractivity contribution in [2.75, 3.05) is 12.4 Å². The van der Waals surface area contributed by atoms with Crippen LogP contribution >= 0.6 is 11.3 Å². The van der Waals surface area contributed by atoms with Crippen LogP contribution in [0.15, 0.2) is 23.6 Å². The van der Waals surface area contributed by atoms with Crippen LogP contribution in [0.2, 0.25) is 0 Å². The Hall–Kier alpha value is -2.15. The number of carbonyl (C=O) groups is 3. The number of anilines is 1. The minimum atomic E-state index is -1.22. The molecule has 0 aliphatic rings. The summed E-state index contributed by atoms with van der Waals surface area (Å²) >= 11 is 1.14. The van der Waals surface area contributed by atoms with Crippen molar-refractivity contribution in [3.63, 3.8) is 0 Å². The number of aliphatic carboxylic acids is 1. The second-order valence-electron chi connectivity index (χ2n) is 2.82. The Balaban J connectivity index is 2.75. The molecule has 17 heavy (non-hydrogen) atoms. The molecule has 0 saturated heterocycles. The molecule has 0 saturated carbocycles. The maximum atomic E-state index is 11.3. The zero-order valence-electron chi connectivity index (χ0n) is 8.80. The van der Waals surface area contributed by atoms with Crippen molar-refractivity contribution in [1.29, 1.82) is 0 Å². The normalized spacial score (nSPS) is 10.2. The van der Waals surface area contributed by atoms with Crippen molar-refractivity contribution in [3.05, 3.63) is 29.2 Å². The van der Waals surface area contributed by atoms with Crippen molar-refractivity contribution in [2.45, 2.75) is 0 Å². The summed E-state index contributed by atoms with van der Waals surface area (Å²) in [6.07, 6.45) is 1.57. The first-order valence-electron chi connectivity index (χ1n) is 4.42. The molecule has 7 heteroatoms. The number of esters is 1. The Bertz CT molecular complexity index is 477. The summed E-state index contributed by atoms with van der Waals surface area (Å²) in [5, 5.41) is 12.7. The highest BCUT2D eigenvalue weighted by Crippen LogP contribution is 2.23. The molecule has 1 amide bonds. The Morgan fingerprint density at radius 2 is 2.12 bits per heavy atom. The van der Waals surface area contributed by atoms with Gasteiger partial charge in [-0.25, -0.2) is 9.59 Å². The fourth-order valence-corrected chi connectivity index (χ4v) is 1.76. The van der Waals surface area contributed by atoms with Crippen LogP contribution in [0.5, 0.6) is 0 Å². The van der Waals surface area contributed by atoms with E-state index in [2.05, 4.69) is 10.1 Å². The topological polar surface area (TPSA) is 92.7 Å². The van der Waals surface area contributed by atoms with Crippen molar-refractivity contribution in [3.8, 4) is 0 Å². The van der Waals surface area contributed by atoms with Crippen LogP contribution in [0, 0.1) is 0 Å². The van der Waals surface area contributed by atoms with Crippen LogP contribution in [0.3, 0.4) is 0 Å². The molecule has 0 atom stereocenters. The molecule has 1 heterocycles. The van der Waals surface area contributed by atoms with Crippen LogP contribution in [0.1, 0.15) is 10.4 Å². The summed E-state index contributed by atoms with van der Waals surface area (Å²) in [5.41, 5.74) is 0.231. The molecule has 0 radical (unpaired) electrons. The molecule has 2 N–H and O–H groups in total. The average Bonchev–Trinajstić information content (AvgIpc) is 2.73. The van der Waals surface area contributed by atoms with E-state index in [9.17, 15) is 14.4 Å². The highest BCUT2D eigenvalue weighted by Gasteiger charge is 2.14. The third-order valence-corrected chi connectivity index (χ3v) is 2.51. The zero-order valence-corrected chi connectivity index (χ0v) is 9.61. The molecule has 1 rings (SSSR count). The highest BCUT2D eigenvalue weighted by atomic mass is 32.1. The van der Waals surface area contributed by atoms with Gasteiger partial charge in [-0.05, 0) is 11.4 Å². The maximum Gasteiger partial charge on any atom is 0.340 e. The van der Waals surface area contributed by atoms with Crippen LogP contribution in [0.4, 0.5) is 5.00 Å². The van der Waals surface area contributed by atoms with E-state index in [0.29, 0.717) is 11.1 Å². The van der Waals surface area contributed by atoms with E-state index < -0.39 is 17.8 Å². The third kappa shape index (κ3) is 3.72. The molecular weight excluding hydrogens is 246 g/mol. The molecule has 90 valence electrons. The van der Waals surface area contributed by atoms with Crippen LogP contribution in [-0.4, -0.2) is 30.1 Å². The van der Waals surface area contributed by atoms with Crippen molar-refractivity contribution in [2.24, 2.45) is 0 Å². The Kier molecular flexibility index (Phi) is 4.41. The van der Waals surface area contributed by atoms with Gasteiger partial charge in [0.1, 0.15) is 5.00 Å². The molecule has 0 aromatic carbocycles. The molecule has 1 aromatic heterocycles. The third-order valence-electron chi connectivity index (χ3n) is 1.68.